The summed E-state index contributed by atoms with van der Waals surface area (Å²) in [7, 11) is 1.83. The van der Waals surface area contributed by atoms with Gasteiger partial charge >= 0.3 is 0 Å². The third-order valence-electron chi connectivity index (χ3n) is 5.04. The second-order valence-corrected chi connectivity index (χ2v) is 6.12. The van der Waals surface area contributed by atoms with Crippen LogP contribution < -0.4 is 5.32 Å². The molecule has 0 aromatic heterocycles. The first-order valence-electron chi connectivity index (χ1n) is 8.03. The van der Waals surface area contributed by atoms with Gasteiger partial charge in [0.05, 0.1) is 11.6 Å². The summed E-state index contributed by atoms with van der Waals surface area (Å²) in [6.45, 7) is 7.56. The molecule has 0 heterocycles. The predicted molar refractivity (Wildman–Crippen MR) is 85.2 cm³/mol. The van der Waals surface area contributed by atoms with Gasteiger partial charge < -0.3 is 10.1 Å². The van der Waals surface area contributed by atoms with E-state index in [4.69, 9.17) is 4.74 Å². The zero-order valence-electron chi connectivity index (χ0n) is 13.4. The van der Waals surface area contributed by atoms with Crippen molar-refractivity contribution in [3.05, 3.63) is 35.4 Å². The van der Waals surface area contributed by atoms with Crippen LogP contribution in [0.1, 0.15) is 69.5 Å². The molecule has 2 unspecified atom stereocenters. The van der Waals surface area contributed by atoms with Crippen LogP contribution in [0, 0.1) is 0 Å². The molecule has 1 aliphatic rings. The highest BCUT2D eigenvalue weighted by atomic mass is 16.5. The summed E-state index contributed by atoms with van der Waals surface area (Å²) in [5, 5.41) is 3.66. The quantitative estimate of drug-likeness (QED) is 0.795. The minimum atomic E-state index is -0.157. The number of methoxy groups -OCH3 is 1. The molecular formula is C18H29NO. The van der Waals surface area contributed by atoms with Crippen molar-refractivity contribution in [2.75, 3.05) is 13.7 Å². The van der Waals surface area contributed by atoms with Gasteiger partial charge in [0.1, 0.15) is 0 Å². The van der Waals surface area contributed by atoms with Gasteiger partial charge in [0.15, 0.2) is 0 Å². The van der Waals surface area contributed by atoms with E-state index in [0.29, 0.717) is 0 Å². The minimum Gasteiger partial charge on any atom is -0.377 e. The molecule has 0 saturated heterocycles. The molecule has 2 nitrogen and oxygen atoms in total. The Labute approximate surface area is 123 Å². The Bertz CT molecular complexity index is 421. The number of hydrogen-bond acceptors (Lipinski definition) is 2. The van der Waals surface area contributed by atoms with E-state index in [9.17, 15) is 0 Å². The second-order valence-electron chi connectivity index (χ2n) is 6.12. The fourth-order valence-electron chi connectivity index (χ4n) is 3.19. The van der Waals surface area contributed by atoms with Crippen molar-refractivity contribution >= 4 is 0 Å². The van der Waals surface area contributed by atoms with Crippen LogP contribution in [0.2, 0.25) is 0 Å². The Morgan fingerprint density at radius 1 is 1.30 bits per heavy atom. The van der Waals surface area contributed by atoms with Crippen LogP contribution in [0.5, 0.6) is 0 Å². The molecule has 0 radical (unpaired) electrons. The molecule has 20 heavy (non-hydrogen) atoms. The van der Waals surface area contributed by atoms with Gasteiger partial charge in [-0.15, -0.1) is 0 Å². The number of nitrogens with one attached hydrogen (secondary N) is 1. The lowest BCUT2D eigenvalue weighted by atomic mass is 9.75. The summed E-state index contributed by atoms with van der Waals surface area (Å²) in [6, 6.07) is 9.20. The van der Waals surface area contributed by atoms with E-state index in [-0.39, 0.29) is 11.6 Å². The molecule has 2 atom stereocenters. The van der Waals surface area contributed by atoms with E-state index in [2.05, 4.69) is 50.4 Å². The third kappa shape index (κ3) is 2.91. The Morgan fingerprint density at radius 2 is 2.00 bits per heavy atom. The highest BCUT2D eigenvalue weighted by molar-refractivity contribution is 5.35. The van der Waals surface area contributed by atoms with Crippen molar-refractivity contribution in [1.29, 1.82) is 0 Å². The standard InChI is InChI=1S/C18H29NO/c1-5-18(3,20-4)17(19-6-2)16-13-8-7-12-15(16)14-10-9-11-14/h7-8,12-14,17,19H,5-6,9-11H2,1-4H3. The Kier molecular flexibility index (Phi) is 5.22. The number of benzene rings is 1. The van der Waals surface area contributed by atoms with Crippen LogP contribution in [0.25, 0.3) is 0 Å². The molecule has 1 aromatic rings. The van der Waals surface area contributed by atoms with Gasteiger partial charge in [0, 0.05) is 7.11 Å². The maximum atomic E-state index is 5.88. The van der Waals surface area contributed by atoms with E-state index in [1.807, 2.05) is 7.11 Å². The van der Waals surface area contributed by atoms with E-state index >= 15 is 0 Å². The van der Waals surface area contributed by atoms with Crippen LogP contribution in [-0.2, 0) is 4.74 Å². The lowest BCUT2D eigenvalue weighted by Gasteiger charge is -2.39. The van der Waals surface area contributed by atoms with Gasteiger partial charge in [-0.1, -0.05) is 44.5 Å². The van der Waals surface area contributed by atoms with E-state index in [1.165, 1.54) is 30.4 Å². The molecule has 0 bridgehead atoms. The fraction of sp³-hybridized carbons (Fsp3) is 0.667. The molecule has 1 aromatic carbocycles. The Hall–Kier alpha value is -0.860. The molecule has 0 amide bonds. The van der Waals surface area contributed by atoms with Gasteiger partial charge in [-0.05, 0) is 49.8 Å². The zero-order valence-corrected chi connectivity index (χ0v) is 13.4. The van der Waals surface area contributed by atoms with Crippen LogP contribution in [-0.4, -0.2) is 19.3 Å². The van der Waals surface area contributed by atoms with Crippen molar-refractivity contribution < 1.29 is 4.74 Å². The Morgan fingerprint density at radius 3 is 2.50 bits per heavy atom. The van der Waals surface area contributed by atoms with Crippen molar-refractivity contribution in [1.82, 2.24) is 5.32 Å². The summed E-state index contributed by atoms with van der Waals surface area (Å²) in [4.78, 5) is 0. The normalized spacial score (nSPS) is 20.2. The molecular weight excluding hydrogens is 246 g/mol. The zero-order chi connectivity index (χ0) is 14.6. The topological polar surface area (TPSA) is 21.3 Å². The highest BCUT2D eigenvalue weighted by Crippen LogP contribution is 2.42. The average Bonchev–Trinajstić information content (AvgIpc) is 2.43. The third-order valence-corrected chi connectivity index (χ3v) is 5.04. The largest absolute Gasteiger partial charge is 0.377 e. The molecule has 0 spiro atoms. The van der Waals surface area contributed by atoms with E-state index in [0.717, 1.165) is 18.9 Å². The Balaban J connectivity index is 2.38. The summed E-state index contributed by atoms with van der Waals surface area (Å²) in [5.74, 6) is 0.755. The van der Waals surface area contributed by atoms with Crippen LogP contribution in [0.4, 0.5) is 0 Å². The van der Waals surface area contributed by atoms with Crippen molar-refractivity contribution in [3.8, 4) is 0 Å². The maximum Gasteiger partial charge on any atom is 0.0842 e. The van der Waals surface area contributed by atoms with Crippen LogP contribution in [0.3, 0.4) is 0 Å². The molecule has 0 aliphatic heterocycles. The van der Waals surface area contributed by atoms with Crippen molar-refractivity contribution in [2.24, 2.45) is 0 Å². The van der Waals surface area contributed by atoms with E-state index in [1.54, 1.807) is 0 Å². The molecule has 1 saturated carbocycles. The minimum absolute atomic E-state index is 0.157. The number of hydrogen-bond donors (Lipinski definition) is 1. The molecule has 2 rings (SSSR count). The first kappa shape index (κ1) is 15.5. The molecule has 1 fully saturated rings. The van der Waals surface area contributed by atoms with Gasteiger partial charge in [0.25, 0.3) is 0 Å². The summed E-state index contributed by atoms with van der Waals surface area (Å²) < 4.78 is 5.88. The van der Waals surface area contributed by atoms with Gasteiger partial charge in [0.2, 0.25) is 0 Å². The average molecular weight is 275 g/mol. The highest BCUT2D eigenvalue weighted by Gasteiger charge is 2.36. The smallest absolute Gasteiger partial charge is 0.0842 e. The predicted octanol–water partition coefficient (Wildman–Crippen LogP) is 4.42. The lowest BCUT2D eigenvalue weighted by molar-refractivity contribution is -0.0299. The van der Waals surface area contributed by atoms with Gasteiger partial charge in [-0.25, -0.2) is 0 Å². The van der Waals surface area contributed by atoms with Crippen LogP contribution >= 0.6 is 0 Å². The second kappa shape index (κ2) is 6.73. The van der Waals surface area contributed by atoms with E-state index < -0.39 is 0 Å². The summed E-state index contributed by atoms with van der Waals surface area (Å²) in [5.41, 5.74) is 2.81. The fourth-order valence-corrected chi connectivity index (χ4v) is 3.19. The first-order chi connectivity index (χ1) is 9.66. The van der Waals surface area contributed by atoms with Crippen LogP contribution in [0.15, 0.2) is 24.3 Å². The molecule has 1 aliphatic carbocycles. The lowest BCUT2D eigenvalue weighted by Crippen LogP contribution is -2.43. The van der Waals surface area contributed by atoms with Crippen molar-refractivity contribution in [3.63, 3.8) is 0 Å². The number of ether oxygens (including phenoxy) is 1. The molecule has 2 heteroatoms. The first-order valence-corrected chi connectivity index (χ1v) is 8.03. The monoisotopic (exact) mass is 275 g/mol. The van der Waals surface area contributed by atoms with Gasteiger partial charge in [-0.2, -0.15) is 0 Å². The SMILES string of the molecule is CCNC(c1ccccc1C1CCC1)C(C)(CC)OC. The summed E-state index contributed by atoms with van der Waals surface area (Å²) >= 11 is 0. The maximum absolute atomic E-state index is 5.88. The van der Waals surface area contributed by atoms with Gasteiger partial charge in [-0.3, -0.25) is 0 Å². The van der Waals surface area contributed by atoms with Crippen molar-refractivity contribution in [2.45, 2.75) is 64.0 Å². The number of likely N-dealkylation sites (N-methyl/N-ethyl adjacent to an activating group) is 1. The molecule has 1 N–H and O–H groups in total. The summed E-state index contributed by atoms with van der Waals surface area (Å²) in [6.07, 6.45) is 5.05. The number of rotatable bonds is 7. The molecule has 112 valence electrons.